The fraction of sp³-hybridized carbons (Fsp3) is 0.500. The number of pyridine rings is 1. The van der Waals surface area contributed by atoms with Crippen LogP contribution in [0.15, 0.2) is 12.1 Å². The second kappa shape index (κ2) is 6.73. The van der Waals surface area contributed by atoms with Crippen molar-refractivity contribution in [1.29, 1.82) is 0 Å². The second-order valence-electron chi connectivity index (χ2n) is 5.30. The van der Waals surface area contributed by atoms with Crippen molar-refractivity contribution in [1.82, 2.24) is 10.3 Å². The molecule has 9 heteroatoms. The fourth-order valence-electron chi connectivity index (χ4n) is 1.40. The minimum absolute atomic E-state index is 0.0372. The van der Waals surface area contributed by atoms with E-state index in [2.05, 4.69) is 15.6 Å². The van der Waals surface area contributed by atoms with Gasteiger partial charge in [0.05, 0.1) is 11.5 Å². The summed E-state index contributed by atoms with van der Waals surface area (Å²) in [6.45, 7) is 5.69. The van der Waals surface area contributed by atoms with Gasteiger partial charge in [-0.25, -0.2) is 9.78 Å². The van der Waals surface area contributed by atoms with Gasteiger partial charge < -0.3 is 21.1 Å². The van der Waals surface area contributed by atoms with Gasteiger partial charge in [0.15, 0.2) is 0 Å². The minimum atomic E-state index is -0.568. The molecule has 21 heavy (non-hydrogen) atoms. The Morgan fingerprint density at radius 1 is 1.48 bits per heavy atom. The van der Waals surface area contributed by atoms with Gasteiger partial charge in [0, 0.05) is 11.6 Å². The van der Waals surface area contributed by atoms with Crippen LogP contribution in [0.5, 0.6) is 0 Å². The van der Waals surface area contributed by atoms with Crippen LogP contribution >= 0.6 is 0 Å². The van der Waals surface area contributed by atoms with Crippen molar-refractivity contribution in [2.24, 2.45) is 0 Å². The Bertz CT molecular complexity index is 527. The van der Waals surface area contributed by atoms with Crippen LogP contribution in [0.25, 0.3) is 0 Å². The van der Waals surface area contributed by atoms with E-state index < -0.39 is 16.6 Å². The predicted octanol–water partition coefficient (Wildman–Crippen LogP) is 1.51. The molecule has 0 unspecified atom stereocenters. The lowest BCUT2D eigenvalue weighted by atomic mass is 10.1. The number of nitro groups is 1. The van der Waals surface area contributed by atoms with Gasteiger partial charge in [0.25, 0.3) is 0 Å². The Labute approximate surface area is 122 Å². The van der Waals surface area contributed by atoms with Crippen molar-refractivity contribution in [3.63, 3.8) is 0 Å². The number of rotatable bonds is 5. The fourth-order valence-corrected chi connectivity index (χ4v) is 1.40. The number of hydrogen-bond acceptors (Lipinski definition) is 7. The van der Waals surface area contributed by atoms with E-state index in [1.807, 2.05) is 20.8 Å². The van der Waals surface area contributed by atoms with Crippen LogP contribution in [0.2, 0.25) is 0 Å². The number of nitrogen functional groups attached to an aromatic ring is 1. The van der Waals surface area contributed by atoms with E-state index in [9.17, 15) is 14.9 Å². The molecule has 116 valence electrons. The van der Waals surface area contributed by atoms with Crippen LogP contribution in [0.3, 0.4) is 0 Å². The molecule has 1 aromatic heterocycles. The van der Waals surface area contributed by atoms with Crippen LogP contribution in [-0.2, 0) is 4.74 Å². The maximum atomic E-state index is 11.4. The topological polar surface area (TPSA) is 132 Å². The molecule has 0 saturated heterocycles. The van der Waals surface area contributed by atoms with Gasteiger partial charge in [0.1, 0.15) is 12.4 Å². The molecule has 0 radical (unpaired) electrons. The molecule has 1 amide bonds. The molecule has 4 N–H and O–H groups in total. The van der Waals surface area contributed by atoms with Crippen LogP contribution < -0.4 is 16.4 Å². The Hall–Kier alpha value is -2.58. The SMILES string of the molecule is CC(C)(C)NC(=O)OCCNc1nc(N)ccc1[N+](=O)[O-]. The zero-order chi connectivity index (χ0) is 16.0. The van der Waals surface area contributed by atoms with Crippen LogP contribution in [0.4, 0.5) is 22.1 Å². The minimum Gasteiger partial charge on any atom is -0.448 e. The first kappa shape index (κ1) is 16.5. The summed E-state index contributed by atoms with van der Waals surface area (Å²) in [5.74, 6) is 0.203. The smallest absolute Gasteiger partial charge is 0.407 e. The molecule has 0 aliphatic heterocycles. The first-order chi connectivity index (χ1) is 9.69. The molecular formula is C12H19N5O4. The highest BCUT2D eigenvalue weighted by molar-refractivity contribution is 5.68. The van der Waals surface area contributed by atoms with E-state index in [4.69, 9.17) is 10.5 Å². The summed E-state index contributed by atoms with van der Waals surface area (Å²) in [4.78, 5) is 25.5. The number of carbonyl (C=O) groups is 1. The zero-order valence-corrected chi connectivity index (χ0v) is 12.2. The molecule has 0 fully saturated rings. The summed E-state index contributed by atoms with van der Waals surface area (Å²) in [7, 11) is 0. The van der Waals surface area contributed by atoms with Gasteiger partial charge in [-0.1, -0.05) is 0 Å². The van der Waals surface area contributed by atoms with Crippen molar-refractivity contribution in [3.05, 3.63) is 22.2 Å². The summed E-state index contributed by atoms with van der Waals surface area (Å²) in [6.07, 6.45) is -0.556. The first-order valence-corrected chi connectivity index (χ1v) is 6.29. The lowest BCUT2D eigenvalue weighted by Gasteiger charge is -2.19. The van der Waals surface area contributed by atoms with Crippen molar-refractivity contribution in [2.45, 2.75) is 26.3 Å². The summed E-state index contributed by atoms with van der Waals surface area (Å²) in [5, 5.41) is 16.2. The monoisotopic (exact) mass is 297 g/mol. The normalized spacial score (nSPS) is 10.8. The third-order valence-electron chi connectivity index (χ3n) is 2.20. The van der Waals surface area contributed by atoms with Crippen molar-refractivity contribution in [3.8, 4) is 0 Å². The molecule has 0 aromatic carbocycles. The Morgan fingerprint density at radius 2 is 2.14 bits per heavy atom. The number of amides is 1. The van der Waals surface area contributed by atoms with Gasteiger partial charge in [-0.2, -0.15) is 0 Å². The predicted molar refractivity (Wildman–Crippen MR) is 78.0 cm³/mol. The number of nitrogens with two attached hydrogens (primary N) is 1. The van der Waals surface area contributed by atoms with E-state index in [1.54, 1.807) is 0 Å². The summed E-state index contributed by atoms with van der Waals surface area (Å²) < 4.78 is 4.93. The highest BCUT2D eigenvalue weighted by atomic mass is 16.6. The number of nitrogens with zero attached hydrogens (tertiary/aromatic N) is 2. The maximum Gasteiger partial charge on any atom is 0.407 e. The van der Waals surface area contributed by atoms with Gasteiger partial charge in [-0.15, -0.1) is 0 Å². The van der Waals surface area contributed by atoms with Crippen LogP contribution in [0, 0.1) is 10.1 Å². The molecule has 1 rings (SSSR count). The van der Waals surface area contributed by atoms with Crippen molar-refractivity contribution < 1.29 is 14.5 Å². The highest BCUT2D eigenvalue weighted by Crippen LogP contribution is 2.22. The average Bonchev–Trinajstić information content (AvgIpc) is 2.32. The van der Waals surface area contributed by atoms with Crippen LogP contribution in [0.1, 0.15) is 20.8 Å². The molecule has 0 aliphatic carbocycles. The summed E-state index contributed by atoms with van der Waals surface area (Å²) in [6, 6.07) is 2.61. The molecule has 1 aromatic rings. The lowest BCUT2D eigenvalue weighted by Crippen LogP contribution is -2.41. The third kappa shape index (κ3) is 5.93. The summed E-state index contributed by atoms with van der Waals surface area (Å²) in [5.41, 5.74) is 4.90. The molecule has 0 aliphatic rings. The lowest BCUT2D eigenvalue weighted by molar-refractivity contribution is -0.384. The molecule has 9 nitrogen and oxygen atoms in total. The number of anilines is 2. The van der Waals surface area contributed by atoms with Gasteiger partial charge >= 0.3 is 11.8 Å². The van der Waals surface area contributed by atoms with Crippen LogP contribution in [-0.4, -0.2) is 34.7 Å². The first-order valence-electron chi connectivity index (χ1n) is 6.29. The highest BCUT2D eigenvalue weighted by Gasteiger charge is 2.16. The maximum absolute atomic E-state index is 11.4. The second-order valence-corrected chi connectivity index (χ2v) is 5.30. The van der Waals surface area contributed by atoms with E-state index >= 15 is 0 Å². The molecular weight excluding hydrogens is 278 g/mol. The van der Waals surface area contributed by atoms with Crippen molar-refractivity contribution in [2.75, 3.05) is 24.2 Å². The number of ether oxygens (including phenoxy) is 1. The van der Waals surface area contributed by atoms with E-state index in [-0.39, 0.29) is 30.5 Å². The number of alkyl carbamates (subject to hydrolysis) is 1. The molecule has 0 saturated carbocycles. The number of aromatic nitrogens is 1. The number of carbonyl (C=O) groups excluding carboxylic acids is 1. The van der Waals surface area contributed by atoms with E-state index in [0.717, 1.165) is 0 Å². The number of nitrogens with one attached hydrogen (secondary N) is 2. The Morgan fingerprint density at radius 3 is 2.71 bits per heavy atom. The van der Waals surface area contributed by atoms with Gasteiger partial charge in [-0.05, 0) is 26.8 Å². The molecule has 1 heterocycles. The van der Waals surface area contributed by atoms with E-state index in [1.165, 1.54) is 12.1 Å². The van der Waals surface area contributed by atoms with E-state index in [0.29, 0.717) is 0 Å². The zero-order valence-electron chi connectivity index (χ0n) is 12.2. The summed E-state index contributed by atoms with van der Waals surface area (Å²) >= 11 is 0. The standard InChI is InChI=1S/C12H19N5O4/c1-12(2,3)16-11(18)21-7-6-14-10-8(17(19)20)4-5-9(13)15-10/h4-5H,6-7H2,1-3H3,(H,16,18)(H3,13,14,15). The number of hydrogen-bond donors (Lipinski definition) is 3. The Kier molecular flexibility index (Phi) is 5.28. The quantitative estimate of drug-likeness (QED) is 0.426. The molecule has 0 atom stereocenters. The average molecular weight is 297 g/mol. The molecule has 0 bridgehead atoms. The van der Waals surface area contributed by atoms with Gasteiger partial charge in [-0.3, -0.25) is 10.1 Å². The van der Waals surface area contributed by atoms with Crippen molar-refractivity contribution >= 4 is 23.4 Å². The largest absolute Gasteiger partial charge is 0.448 e. The third-order valence-corrected chi connectivity index (χ3v) is 2.20. The Balaban J connectivity index is 2.48. The molecule has 0 spiro atoms. The van der Waals surface area contributed by atoms with Gasteiger partial charge in [0.2, 0.25) is 5.82 Å².